The van der Waals surface area contributed by atoms with Crippen LogP contribution in [0.5, 0.6) is 0 Å². The standard InChI is InChI=1S/C8H16N6O/c1-14-2-3-15-6(5-14)4-10-8-11-7(9)12-13-8/h6H,2-5H2,1H3,(H4,9,10,11,12,13). The number of morpholine rings is 1. The Kier molecular flexibility index (Phi) is 3.02. The molecule has 1 saturated heterocycles. The average molecular weight is 212 g/mol. The zero-order valence-electron chi connectivity index (χ0n) is 8.73. The minimum Gasteiger partial charge on any atom is -0.374 e. The number of nitrogens with zero attached hydrogens (tertiary/aromatic N) is 3. The van der Waals surface area contributed by atoms with Gasteiger partial charge in [-0.15, -0.1) is 5.10 Å². The van der Waals surface area contributed by atoms with E-state index < -0.39 is 0 Å². The minimum atomic E-state index is 0.184. The summed E-state index contributed by atoms with van der Waals surface area (Å²) in [4.78, 5) is 6.18. The number of anilines is 2. The fourth-order valence-electron chi connectivity index (χ4n) is 1.55. The summed E-state index contributed by atoms with van der Waals surface area (Å²) in [5.74, 6) is 0.837. The summed E-state index contributed by atoms with van der Waals surface area (Å²) >= 11 is 0. The van der Waals surface area contributed by atoms with Crippen LogP contribution in [-0.2, 0) is 4.74 Å². The van der Waals surface area contributed by atoms with Crippen molar-refractivity contribution in [2.45, 2.75) is 6.10 Å². The molecule has 2 heterocycles. The monoisotopic (exact) mass is 212 g/mol. The first-order valence-corrected chi connectivity index (χ1v) is 4.96. The maximum Gasteiger partial charge on any atom is 0.243 e. The molecule has 1 atom stereocenters. The van der Waals surface area contributed by atoms with Crippen molar-refractivity contribution < 1.29 is 4.74 Å². The lowest BCUT2D eigenvalue weighted by molar-refractivity contribution is -0.0117. The highest BCUT2D eigenvalue weighted by atomic mass is 16.5. The quantitative estimate of drug-likeness (QED) is 0.603. The first-order chi connectivity index (χ1) is 7.24. The Morgan fingerprint density at radius 3 is 3.27 bits per heavy atom. The molecule has 15 heavy (non-hydrogen) atoms. The molecule has 1 aromatic heterocycles. The maximum atomic E-state index is 5.58. The van der Waals surface area contributed by atoms with Crippen molar-refractivity contribution in [2.24, 2.45) is 0 Å². The van der Waals surface area contributed by atoms with E-state index in [9.17, 15) is 0 Å². The second-order valence-electron chi connectivity index (χ2n) is 3.68. The number of hydrogen-bond acceptors (Lipinski definition) is 6. The molecule has 0 radical (unpaired) electrons. The van der Waals surface area contributed by atoms with Crippen LogP contribution in [0, 0.1) is 0 Å². The van der Waals surface area contributed by atoms with E-state index in [0.717, 1.165) is 19.7 Å². The van der Waals surface area contributed by atoms with Gasteiger partial charge in [-0.05, 0) is 7.05 Å². The lowest BCUT2D eigenvalue weighted by Gasteiger charge is -2.29. The van der Waals surface area contributed by atoms with Crippen molar-refractivity contribution in [3.8, 4) is 0 Å². The number of likely N-dealkylation sites (N-methyl/N-ethyl adjacent to an activating group) is 1. The predicted octanol–water partition coefficient (Wildman–Crippen LogP) is -0.871. The molecule has 0 amide bonds. The van der Waals surface area contributed by atoms with Crippen molar-refractivity contribution in [3.05, 3.63) is 0 Å². The highest BCUT2D eigenvalue weighted by molar-refractivity contribution is 5.29. The fourth-order valence-corrected chi connectivity index (χ4v) is 1.55. The van der Waals surface area contributed by atoms with Crippen LogP contribution in [0.2, 0.25) is 0 Å². The van der Waals surface area contributed by atoms with Crippen LogP contribution in [0.15, 0.2) is 0 Å². The third-order valence-electron chi connectivity index (χ3n) is 2.33. The maximum absolute atomic E-state index is 5.58. The minimum absolute atomic E-state index is 0.184. The van der Waals surface area contributed by atoms with Crippen LogP contribution in [0.4, 0.5) is 11.9 Å². The Morgan fingerprint density at radius 1 is 1.73 bits per heavy atom. The number of hydrogen-bond donors (Lipinski definition) is 3. The van der Waals surface area contributed by atoms with Crippen molar-refractivity contribution >= 4 is 11.9 Å². The van der Waals surface area contributed by atoms with Gasteiger partial charge in [0.05, 0.1) is 12.7 Å². The molecule has 1 unspecified atom stereocenters. The largest absolute Gasteiger partial charge is 0.374 e. The number of aromatic amines is 1. The van der Waals surface area contributed by atoms with E-state index in [2.05, 4.69) is 32.4 Å². The van der Waals surface area contributed by atoms with Gasteiger partial charge in [-0.1, -0.05) is 0 Å². The second kappa shape index (κ2) is 4.45. The molecule has 0 saturated carbocycles. The molecule has 7 heteroatoms. The fraction of sp³-hybridized carbons (Fsp3) is 0.750. The molecular formula is C8H16N6O. The zero-order valence-corrected chi connectivity index (χ0v) is 8.73. The van der Waals surface area contributed by atoms with Gasteiger partial charge in [0, 0.05) is 19.6 Å². The number of nitrogen functional groups attached to an aromatic ring is 1. The Balaban J connectivity index is 1.77. The third kappa shape index (κ3) is 2.80. The summed E-state index contributed by atoms with van der Waals surface area (Å²) in [5, 5.41) is 9.52. The molecule has 84 valence electrons. The van der Waals surface area contributed by atoms with E-state index in [-0.39, 0.29) is 6.10 Å². The van der Waals surface area contributed by atoms with Crippen molar-refractivity contribution in [1.29, 1.82) is 0 Å². The summed E-state index contributed by atoms with van der Waals surface area (Å²) in [6.45, 7) is 3.39. The van der Waals surface area contributed by atoms with E-state index in [4.69, 9.17) is 10.5 Å². The van der Waals surface area contributed by atoms with E-state index in [1.807, 2.05) is 0 Å². The topological polar surface area (TPSA) is 92.1 Å². The number of H-pyrrole nitrogens is 1. The molecule has 1 aliphatic heterocycles. The normalized spacial score (nSPS) is 22.9. The van der Waals surface area contributed by atoms with E-state index in [1.54, 1.807) is 0 Å². The molecule has 1 aromatic rings. The second-order valence-corrected chi connectivity index (χ2v) is 3.68. The van der Waals surface area contributed by atoms with Crippen LogP contribution in [0.3, 0.4) is 0 Å². The molecule has 1 aliphatic rings. The van der Waals surface area contributed by atoms with Crippen LogP contribution in [-0.4, -0.2) is 59.5 Å². The molecular weight excluding hydrogens is 196 g/mol. The van der Waals surface area contributed by atoms with Gasteiger partial charge in [0.15, 0.2) is 0 Å². The Hall–Kier alpha value is -1.34. The number of rotatable bonds is 3. The first kappa shape index (κ1) is 10.2. The number of nitrogens with two attached hydrogens (primary N) is 1. The lowest BCUT2D eigenvalue weighted by Crippen LogP contribution is -2.43. The molecule has 0 aromatic carbocycles. The highest BCUT2D eigenvalue weighted by Crippen LogP contribution is 2.05. The van der Waals surface area contributed by atoms with Gasteiger partial charge in [0.25, 0.3) is 0 Å². The van der Waals surface area contributed by atoms with Crippen molar-refractivity contribution in [1.82, 2.24) is 20.1 Å². The summed E-state index contributed by atoms with van der Waals surface area (Å²) in [7, 11) is 2.08. The van der Waals surface area contributed by atoms with E-state index >= 15 is 0 Å². The van der Waals surface area contributed by atoms with Gasteiger partial charge >= 0.3 is 0 Å². The Morgan fingerprint density at radius 2 is 2.60 bits per heavy atom. The molecule has 2 rings (SSSR count). The molecule has 7 nitrogen and oxygen atoms in total. The number of nitrogens with one attached hydrogen (secondary N) is 2. The number of aromatic nitrogens is 3. The van der Waals surface area contributed by atoms with Crippen LogP contribution < -0.4 is 11.1 Å². The Bertz CT molecular complexity index is 314. The summed E-state index contributed by atoms with van der Waals surface area (Å²) in [5.41, 5.74) is 5.40. The molecule has 4 N–H and O–H groups in total. The van der Waals surface area contributed by atoms with Gasteiger partial charge in [-0.25, -0.2) is 5.10 Å². The van der Waals surface area contributed by atoms with Gasteiger partial charge in [0.2, 0.25) is 11.9 Å². The van der Waals surface area contributed by atoms with Crippen molar-refractivity contribution in [2.75, 3.05) is 44.3 Å². The third-order valence-corrected chi connectivity index (χ3v) is 2.33. The van der Waals surface area contributed by atoms with Gasteiger partial charge in [0.1, 0.15) is 0 Å². The van der Waals surface area contributed by atoms with E-state index in [0.29, 0.717) is 18.4 Å². The zero-order chi connectivity index (χ0) is 10.7. The predicted molar refractivity (Wildman–Crippen MR) is 56.5 cm³/mol. The SMILES string of the molecule is CN1CCOC(CNc2n[nH]c(N)n2)C1. The summed E-state index contributed by atoms with van der Waals surface area (Å²) in [6.07, 6.45) is 0.184. The van der Waals surface area contributed by atoms with Gasteiger partial charge in [-0.2, -0.15) is 4.98 Å². The molecule has 1 fully saturated rings. The van der Waals surface area contributed by atoms with Crippen LogP contribution in [0.25, 0.3) is 0 Å². The summed E-state index contributed by atoms with van der Waals surface area (Å²) in [6, 6.07) is 0. The van der Waals surface area contributed by atoms with Crippen LogP contribution in [0.1, 0.15) is 0 Å². The lowest BCUT2D eigenvalue weighted by atomic mass is 10.3. The smallest absolute Gasteiger partial charge is 0.243 e. The first-order valence-electron chi connectivity index (χ1n) is 4.96. The van der Waals surface area contributed by atoms with E-state index in [1.165, 1.54) is 0 Å². The Labute approximate surface area is 88.0 Å². The van der Waals surface area contributed by atoms with Crippen molar-refractivity contribution in [3.63, 3.8) is 0 Å². The van der Waals surface area contributed by atoms with Gasteiger partial charge < -0.3 is 20.7 Å². The van der Waals surface area contributed by atoms with Crippen LogP contribution >= 0.6 is 0 Å². The van der Waals surface area contributed by atoms with Gasteiger partial charge in [-0.3, -0.25) is 0 Å². The molecule has 0 aliphatic carbocycles. The highest BCUT2D eigenvalue weighted by Gasteiger charge is 2.17. The summed E-state index contributed by atoms with van der Waals surface area (Å²) < 4.78 is 5.58. The average Bonchev–Trinajstić information content (AvgIpc) is 2.62. The molecule has 0 spiro atoms. The number of ether oxygens (including phenoxy) is 1. The molecule has 0 bridgehead atoms.